The van der Waals surface area contributed by atoms with Crippen molar-refractivity contribution >= 4 is 16.6 Å². The average Bonchev–Trinajstić information content (AvgIpc) is 2.40. The third-order valence-electron chi connectivity index (χ3n) is 3.45. The number of fused-ring (bicyclic) bond motifs is 1. The Labute approximate surface area is 116 Å². The van der Waals surface area contributed by atoms with Gasteiger partial charge in [0.25, 0.3) is 0 Å². The first kappa shape index (κ1) is 14.6. The van der Waals surface area contributed by atoms with Crippen LogP contribution in [0.4, 0.5) is 18.9 Å². The van der Waals surface area contributed by atoms with E-state index in [0.29, 0.717) is 24.3 Å². The normalized spacial score (nSPS) is 11.9. The minimum absolute atomic E-state index is 0.194. The lowest BCUT2D eigenvalue weighted by Gasteiger charge is -2.26. The van der Waals surface area contributed by atoms with Crippen LogP contribution in [0.15, 0.2) is 24.3 Å². The van der Waals surface area contributed by atoms with Gasteiger partial charge in [-0.25, -0.2) is 4.98 Å². The molecule has 0 aliphatic heterocycles. The number of halogens is 3. The molecule has 0 amide bonds. The molecule has 0 atom stereocenters. The zero-order valence-electron chi connectivity index (χ0n) is 11.8. The summed E-state index contributed by atoms with van der Waals surface area (Å²) in [7, 11) is 0. The highest BCUT2D eigenvalue weighted by Gasteiger charge is 2.36. The quantitative estimate of drug-likeness (QED) is 0.829. The first-order valence-corrected chi connectivity index (χ1v) is 6.61. The number of anilines is 1. The fourth-order valence-electron chi connectivity index (χ4n) is 2.51. The highest BCUT2D eigenvalue weighted by atomic mass is 19.4. The Morgan fingerprint density at radius 3 is 2.25 bits per heavy atom. The molecule has 0 radical (unpaired) electrons. The van der Waals surface area contributed by atoms with Crippen molar-refractivity contribution in [2.75, 3.05) is 18.0 Å². The summed E-state index contributed by atoms with van der Waals surface area (Å²) in [5, 5.41) is 0.765. The van der Waals surface area contributed by atoms with Gasteiger partial charge in [-0.2, -0.15) is 13.2 Å². The van der Waals surface area contributed by atoms with Crippen LogP contribution in [0.25, 0.3) is 10.9 Å². The van der Waals surface area contributed by atoms with Crippen molar-refractivity contribution in [1.82, 2.24) is 4.98 Å². The first-order chi connectivity index (χ1) is 9.40. The molecular weight excluding hydrogens is 265 g/mol. The summed E-state index contributed by atoms with van der Waals surface area (Å²) in [6, 6.07) is 6.97. The largest absolute Gasteiger partial charge is 0.433 e. The minimum atomic E-state index is -4.43. The maximum atomic E-state index is 13.1. The van der Waals surface area contributed by atoms with Gasteiger partial charge < -0.3 is 4.90 Å². The van der Waals surface area contributed by atoms with Gasteiger partial charge in [0.1, 0.15) is 5.69 Å². The number of aromatic nitrogens is 1. The topological polar surface area (TPSA) is 16.1 Å². The van der Waals surface area contributed by atoms with Gasteiger partial charge >= 0.3 is 6.18 Å². The van der Waals surface area contributed by atoms with E-state index in [0.717, 1.165) is 5.39 Å². The Kier molecular flexibility index (Phi) is 3.88. The molecule has 0 saturated carbocycles. The summed E-state index contributed by atoms with van der Waals surface area (Å²) in [5.41, 5.74) is 0.415. The molecule has 108 valence electrons. The second kappa shape index (κ2) is 5.31. The molecular formula is C15H17F3N2. The van der Waals surface area contributed by atoms with Crippen LogP contribution >= 0.6 is 0 Å². The van der Waals surface area contributed by atoms with Crippen LogP contribution in [0, 0.1) is 6.92 Å². The van der Waals surface area contributed by atoms with E-state index in [9.17, 15) is 13.2 Å². The molecule has 2 nitrogen and oxygen atoms in total. The lowest BCUT2D eigenvalue weighted by atomic mass is 10.0. The molecule has 0 fully saturated rings. The molecule has 20 heavy (non-hydrogen) atoms. The van der Waals surface area contributed by atoms with E-state index in [-0.39, 0.29) is 5.56 Å². The molecule has 2 rings (SSSR count). The van der Waals surface area contributed by atoms with Crippen molar-refractivity contribution in [2.24, 2.45) is 0 Å². The zero-order chi connectivity index (χ0) is 14.9. The molecule has 0 aliphatic rings. The van der Waals surface area contributed by atoms with E-state index in [1.807, 2.05) is 30.9 Å². The van der Waals surface area contributed by atoms with Crippen LogP contribution in [-0.4, -0.2) is 18.1 Å². The van der Waals surface area contributed by atoms with E-state index < -0.39 is 11.9 Å². The second-order valence-corrected chi connectivity index (χ2v) is 4.62. The molecule has 2 aromatic rings. The predicted octanol–water partition coefficient (Wildman–Crippen LogP) is 4.41. The van der Waals surface area contributed by atoms with Crippen LogP contribution in [0.5, 0.6) is 0 Å². The average molecular weight is 282 g/mol. The van der Waals surface area contributed by atoms with Gasteiger partial charge in [0, 0.05) is 24.0 Å². The van der Waals surface area contributed by atoms with Gasteiger partial charge in [-0.05, 0) is 26.8 Å². The molecule has 0 bridgehead atoms. The van der Waals surface area contributed by atoms with Gasteiger partial charge in [0.2, 0.25) is 0 Å². The van der Waals surface area contributed by atoms with Gasteiger partial charge in [0.15, 0.2) is 0 Å². The number of pyridine rings is 1. The zero-order valence-corrected chi connectivity index (χ0v) is 11.8. The Morgan fingerprint density at radius 1 is 1.10 bits per heavy atom. The number of para-hydroxylation sites is 1. The lowest BCUT2D eigenvalue weighted by molar-refractivity contribution is -0.141. The molecule has 0 N–H and O–H groups in total. The molecule has 0 saturated heterocycles. The highest BCUT2D eigenvalue weighted by Crippen LogP contribution is 2.38. The molecule has 1 heterocycles. The Morgan fingerprint density at radius 2 is 1.70 bits per heavy atom. The smallest absolute Gasteiger partial charge is 0.371 e. The molecule has 0 spiro atoms. The number of hydrogen-bond donors (Lipinski definition) is 0. The van der Waals surface area contributed by atoms with Crippen LogP contribution in [0.1, 0.15) is 25.1 Å². The van der Waals surface area contributed by atoms with Gasteiger partial charge in [-0.3, -0.25) is 0 Å². The van der Waals surface area contributed by atoms with E-state index in [1.165, 1.54) is 6.92 Å². The van der Waals surface area contributed by atoms with Gasteiger partial charge in [-0.15, -0.1) is 0 Å². The third-order valence-corrected chi connectivity index (χ3v) is 3.45. The Bertz CT molecular complexity index is 616. The van der Waals surface area contributed by atoms with E-state index >= 15 is 0 Å². The number of hydrogen-bond acceptors (Lipinski definition) is 2. The van der Waals surface area contributed by atoms with Crippen LogP contribution < -0.4 is 4.90 Å². The highest BCUT2D eigenvalue weighted by molar-refractivity contribution is 5.94. The number of rotatable bonds is 3. The molecule has 0 aliphatic carbocycles. The van der Waals surface area contributed by atoms with E-state index in [1.54, 1.807) is 12.1 Å². The fraction of sp³-hybridized carbons (Fsp3) is 0.400. The summed E-state index contributed by atoms with van der Waals surface area (Å²) in [6.07, 6.45) is -4.43. The molecule has 1 aromatic carbocycles. The SMILES string of the molecule is CCN(CC)c1c(C)c(C(F)(F)F)nc2ccccc12. The summed E-state index contributed by atoms with van der Waals surface area (Å²) in [6.45, 7) is 6.68. The van der Waals surface area contributed by atoms with Crippen molar-refractivity contribution in [3.05, 3.63) is 35.5 Å². The number of alkyl halides is 3. The van der Waals surface area contributed by atoms with Gasteiger partial charge in [-0.1, -0.05) is 18.2 Å². The second-order valence-electron chi connectivity index (χ2n) is 4.62. The molecule has 0 unspecified atom stereocenters. The molecule has 5 heteroatoms. The van der Waals surface area contributed by atoms with Gasteiger partial charge in [0.05, 0.1) is 11.2 Å². The monoisotopic (exact) mass is 282 g/mol. The Balaban J connectivity index is 2.84. The number of nitrogens with zero attached hydrogens (tertiary/aromatic N) is 2. The molecule has 1 aromatic heterocycles. The van der Waals surface area contributed by atoms with Crippen LogP contribution in [0.3, 0.4) is 0 Å². The van der Waals surface area contributed by atoms with E-state index in [4.69, 9.17) is 0 Å². The maximum Gasteiger partial charge on any atom is 0.433 e. The third kappa shape index (κ3) is 2.44. The summed E-state index contributed by atoms with van der Waals surface area (Å²) in [4.78, 5) is 5.75. The summed E-state index contributed by atoms with van der Waals surface area (Å²) < 4.78 is 39.4. The van der Waals surface area contributed by atoms with Crippen molar-refractivity contribution in [1.29, 1.82) is 0 Å². The minimum Gasteiger partial charge on any atom is -0.371 e. The Hall–Kier alpha value is -1.78. The van der Waals surface area contributed by atoms with Crippen LogP contribution in [0.2, 0.25) is 0 Å². The fourth-order valence-corrected chi connectivity index (χ4v) is 2.51. The van der Waals surface area contributed by atoms with Crippen LogP contribution in [-0.2, 0) is 6.18 Å². The van der Waals surface area contributed by atoms with Crippen molar-refractivity contribution in [3.63, 3.8) is 0 Å². The summed E-state index contributed by atoms with van der Waals surface area (Å²) >= 11 is 0. The predicted molar refractivity (Wildman–Crippen MR) is 75.0 cm³/mol. The summed E-state index contributed by atoms with van der Waals surface area (Å²) in [5.74, 6) is 0. The van der Waals surface area contributed by atoms with Crippen molar-refractivity contribution in [3.8, 4) is 0 Å². The van der Waals surface area contributed by atoms with E-state index in [2.05, 4.69) is 4.98 Å². The maximum absolute atomic E-state index is 13.1. The lowest BCUT2D eigenvalue weighted by Crippen LogP contribution is -2.25. The number of benzene rings is 1. The van der Waals surface area contributed by atoms with Crippen molar-refractivity contribution in [2.45, 2.75) is 26.9 Å². The van der Waals surface area contributed by atoms with Crippen molar-refractivity contribution < 1.29 is 13.2 Å². The standard InChI is InChI=1S/C15H17F3N2/c1-4-20(5-2)13-10(3)14(15(16,17)18)19-12-9-7-6-8-11(12)13/h6-9H,4-5H2,1-3H3. The first-order valence-electron chi connectivity index (χ1n) is 6.61.